The van der Waals surface area contributed by atoms with Crippen molar-refractivity contribution in [1.82, 2.24) is 0 Å². The van der Waals surface area contributed by atoms with Gasteiger partial charge in [-0.2, -0.15) is 0 Å². The van der Waals surface area contributed by atoms with Crippen LogP contribution < -0.4 is 0 Å². The monoisotopic (exact) mass is 322 g/mol. The van der Waals surface area contributed by atoms with Crippen LogP contribution in [0.25, 0.3) is 0 Å². The topological polar surface area (TPSA) is 29.5 Å². The Bertz CT molecular complexity index is 602. The van der Waals surface area contributed by atoms with Crippen molar-refractivity contribution in [3.8, 4) is 0 Å². The minimum atomic E-state index is -0.539. The molecule has 2 aromatic carbocycles. The van der Waals surface area contributed by atoms with Crippen LogP contribution in [0, 0.1) is 11.8 Å². The van der Waals surface area contributed by atoms with E-state index in [2.05, 4.69) is 24.3 Å². The number of fused-ring (bicyclic) bond motifs is 1. The molecule has 0 radical (unpaired) electrons. The van der Waals surface area contributed by atoms with Crippen molar-refractivity contribution in [2.24, 2.45) is 11.8 Å². The first-order valence-electron chi connectivity index (χ1n) is 9.26. The highest BCUT2D eigenvalue weighted by atomic mass is 16.5. The molecule has 2 fully saturated rings. The lowest BCUT2D eigenvalue weighted by Crippen LogP contribution is -2.43. The highest BCUT2D eigenvalue weighted by Crippen LogP contribution is 2.48. The first kappa shape index (κ1) is 15.9. The number of hydrogen-bond acceptors (Lipinski definition) is 2. The van der Waals surface area contributed by atoms with E-state index in [1.54, 1.807) is 0 Å². The molecule has 0 bridgehead atoms. The highest BCUT2D eigenvalue weighted by molar-refractivity contribution is 5.21. The fraction of sp³-hybridized carbons (Fsp3) is 0.455. The molecule has 2 aliphatic rings. The zero-order valence-corrected chi connectivity index (χ0v) is 14.1. The van der Waals surface area contributed by atoms with Crippen molar-refractivity contribution in [2.45, 2.75) is 50.4 Å². The van der Waals surface area contributed by atoms with Gasteiger partial charge < -0.3 is 9.84 Å². The van der Waals surface area contributed by atoms with Crippen LogP contribution in [-0.2, 0) is 4.74 Å². The molecule has 0 unspecified atom stereocenters. The van der Waals surface area contributed by atoms with E-state index < -0.39 is 6.10 Å². The molecular weight excluding hydrogens is 296 g/mol. The smallest absolute Gasteiger partial charge is 0.105 e. The standard InChI is InChI=1S/C22H26O2/c23-21(17-11-5-2-6-12-17)22-19-14-8-7-13-18(19)15-20(24-22)16-9-3-1-4-10-16/h1-6,9-12,18-23H,7-8,13-15H2/t18-,19+,20-,21-,22+/m1/s1. The van der Waals surface area contributed by atoms with Gasteiger partial charge in [-0.3, -0.25) is 0 Å². The summed E-state index contributed by atoms with van der Waals surface area (Å²) in [5, 5.41) is 11.0. The average molecular weight is 322 g/mol. The van der Waals surface area contributed by atoms with Crippen LogP contribution in [0.4, 0.5) is 0 Å². The van der Waals surface area contributed by atoms with Gasteiger partial charge in [0.15, 0.2) is 0 Å². The van der Waals surface area contributed by atoms with E-state index in [4.69, 9.17) is 4.74 Å². The normalized spacial score (nSPS) is 31.2. The fourth-order valence-corrected chi connectivity index (χ4v) is 4.61. The predicted molar refractivity (Wildman–Crippen MR) is 95.5 cm³/mol. The first-order chi connectivity index (χ1) is 11.8. The number of hydrogen-bond donors (Lipinski definition) is 1. The Hall–Kier alpha value is -1.64. The van der Waals surface area contributed by atoms with Gasteiger partial charge in [-0.25, -0.2) is 0 Å². The van der Waals surface area contributed by atoms with E-state index in [9.17, 15) is 5.11 Å². The Morgan fingerprint density at radius 1 is 0.875 bits per heavy atom. The summed E-state index contributed by atoms with van der Waals surface area (Å²) in [4.78, 5) is 0. The molecule has 0 spiro atoms. The minimum Gasteiger partial charge on any atom is -0.386 e. The molecule has 1 heterocycles. The van der Waals surface area contributed by atoms with Gasteiger partial charge in [0.05, 0.1) is 12.2 Å². The Labute approximate surface area is 144 Å². The van der Waals surface area contributed by atoms with Gasteiger partial charge in [0.1, 0.15) is 6.10 Å². The van der Waals surface area contributed by atoms with E-state index in [1.165, 1.54) is 31.2 Å². The van der Waals surface area contributed by atoms with Crippen LogP contribution in [-0.4, -0.2) is 11.2 Å². The van der Waals surface area contributed by atoms with Gasteiger partial charge in [0, 0.05) is 0 Å². The summed E-state index contributed by atoms with van der Waals surface area (Å²) in [6.45, 7) is 0. The van der Waals surface area contributed by atoms with Gasteiger partial charge >= 0.3 is 0 Å². The lowest BCUT2D eigenvalue weighted by Gasteiger charge is -2.46. The van der Waals surface area contributed by atoms with Crippen molar-refractivity contribution in [2.75, 3.05) is 0 Å². The van der Waals surface area contributed by atoms with Crippen molar-refractivity contribution in [3.63, 3.8) is 0 Å². The third kappa shape index (κ3) is 3.13. The molecule has 2 heteroatoms. The summed E-state index contributed by atoms with van der Waals surface area (Å²) < 4.78 is 6.51. The van der Waals surface area contributed by atoms with E-state index in [0.717, 1.165) is 12.0 Å². The van der Waals surface area contributed by atoms with E-state index >= 15 is 0 Å². The summed E-state index contributed by atoms with van der Waals surface area (Å²) in [5.41, 5.74) is 2.22. The van der Waals surface area contributed by atoms with Crippen molar-refractivity contribution in [3.05, 3.63) is 71.8 Å². The summed E-state index contributed by atoms with van der Waals surface area (Å²) in [6.07, 6.45) is 5.59. The van der Waals surface area contributed by atoms with Crippen LogP contribution in [0.15, 0.2) is 60.7 Å². The van der Waals surface area contributed by atoms with Crippen LogP contribution in [0.5, 0.6) is 0 Å². The quantitative estimate of drug-likeness (QED) is 0.856. The molecule has 4 rings (SSSR count). The number of aliphatic hydroxyl groups excluding tert-OH is 1. The predicted octanol–water partition coefficient (Wildman–Crippen LogP) is 5.06. The summed E-state index contributed by atoms with van der Waals surface area (Å²) >= 11 is 0. The molecular formula is C22H26O2. The zero-order valence-electron chi connectivity index (χ0n) is 14.1. The second-order valence-corrected chi connectivity index (χ2v) is 7.30. The molecule has 0 amide bonds. The first-order valence-corrected chi connectivity index (χ1v) is 9.26. The van der Waals surface area contributed by atoms with E-state index in [-0.39, 0.29) is 12.2 Å². The largest absolute Gasteiger partial charge is 0.386 e. The van der Waals surface area contributed by atoms with Crippen molar-refractivity contribution < 1.29 is 9.84 Å². The van der Waals surface area contributed by atoms with Gasteiger partial charge in [0.25, 0.3) is 0 Å². The van der Waals surface area contributed by atoms with Crippen LogP contribution >= 0.6 is 0 Å². The van der Waals surface area contributed by atoms with Gasteiger partial charge in [-0.15, -0.1) is 0 Å². The lowest BCUT2D eigenvalue weighted by atomic mass is 9.69. The summed E-state index contributed by atoms with van der Waals surface area (Å²) in [5.74, 6) is 1.15. The maximum absolute atomic E-state index is 11.0. The van der Waals surface area contributed by atoms with Crippen LogP contribution in [0.1, 0.15) is 55.4 Å². The van der Waals surface area contributed by atoms with E-state index in [0.29, 0.717) is 11.8 Å². The average Bonchev–Trinajstić information content (AvgIpc) is 2.68. The molecule has 1 saturated carbocycles. The minimum absolute atomic E-state index is 0.100. The third-order valence-corrected chi connectivity index (χ3v) is 5.85. The Morgan fingerprint density at radius 2 is 1.54 bits per heavy atom. The Kier molecular flexibility index (Phi) is 4.68. The lowest BCUT2D eigenvalue weighted by molar-refractivity contribution is -0.166. The third-order valence-electron chi connectivity index (χ3n) is 5.85. The summed E-state index contributed by atoms with van der Waals surface area (Å²) in [6, 6.07) is 20.5. The van der Waals surface area contributed by atoms with E-state index in [1.807, 2.05) is 36.4 Å². The number of rotatable bonds is 3. The SMILES string of the molecule is O[C@H](c1ccccc1)[C@H]1O[C@@H](c2ccccc2)C[C@H]2CCCC[C@@H]21. The molecule has 2 nitrogen and oxygen atoms in total. The molecule has 1 saturated heterocycles. The van der Waals surface area contributed by atoms with Crippen LogP contribution in [0.3, 0.4) is 0 Å². The van der Waals surface area contributed by atoms with Gasteiger partial charge in [-0.1, -0.05) is 73.5 Å². The fourth-order valence-electron chi connectivity index (χ4n) is 4.61. The molecule has 126 valence electrons. The molecule has 5 atom stereocenters. The van der Waals surface area contributed by atoms with Gasteiger partial charge in [0.2, 0.25) is 0 Å². The van der Waals surface area contributed by atoms with Crippen molar-refractivity contribution >= 4 is 0 Å². The summed E-state index contributed by atoms with van der Waals surface area (Å²) in [7, 11) is 0. The van der Waals surface area contributed by atoms with Crippen LogP contribution in [0.2, 0.25) is 0 Å². The Morgan fingerprint density at radius 3 is 2.29 bits per heavy atom. The molecule has 2 aromatic rings. The molecule has 0 aromatic heterocycles. The van der Waals surface area contributed by atoms with Gasteiger partial charge in [-0.05, 0) is 42.2 Å². The molecule has 1 aliphatic carbocycles. The maximum atomic E-state index is 11.0. The Balaban J connectivity index is 1.62. The number of aliphatic hydroxyl groups is 1. The van der Waals surface area contributed by atoms with Crippen molar-refractivity contribution in [1.29, 1.82) is 0 Å². The molecule has 1 N–H and O–H groups in total. The molecule has 24 heavy (non-hydrogen) atoms. The number of ether oxygens (including phenoxy) is 1. The highest BCUT2D eigenvalue weighted by Gasteiger charge is 2.43. The zero-order chi connectivity index (χ0) is 16.4. The number of benzene rings is 2. The molecule has 1 aliphatic heterocycles. The maximum Gasteiger partial charge on any atom is 0.105 e. The second-order valence-electron chi connectivity index (χ2n) is 7.30. The second kappa shape index (κ2) is 7.08.